The molecule has 1 aliphatic carbocycles. The standard InChI is InChI=1S/C25H29NO4/c1-16-13-24(3)21-17(2)25(16,15-29-23(27)26-18-9-5-4-6-10-18)14-28-22(21)19-11-7-8-12-20(19)30-24/h4-12,16-17,21-22H,13-15H2,1-3H3,(H,26,27)/t16-,17-,21-,22-,24+,25-/m0/s1. The van der Waals surface area contributed by atoms with Gasteiger partial charge in [-0.2, -0.15) is 0 Å². The van der Waals surface area contributed by atoms with E-state index in [0.717, 1.165) is 23.4 Å². The Hall–Kier alpha value is -2.53. The second-order valence-electron chi connectivity index (χ2n) is 9.40. The van der Waals surface area contributed by atoms with E-state index >= 15 is 0 Å². The van der Waals surface area contributed by atoms with Crippen molar-refractivity contribution in [1.29, 1.82) is 0 Å². The fraction of sp³-hybridized carbons (Fsp3) is 0.480. The number of nitrogens with one attached hydrogen (secondary N) is 1. The van der Waals surface area contributed by atoms with E-state index in [1.54, 1.807) is 0 Å². The molecule has 1 amide bonds. The summed E-state index contributed by atoms with van der Waals surface area (Å²) in [6.07, 6.45) is 0.518. The van der Waals surface area contributed by atoms with Gasteiger partial charge in [-0.25, -0.2) is 4.79 Å². The van der Waals surface area contributed by atoms with E-state index in [1.165, 1.54) is 0 Å². The zero-order valence-corrected chi connectivity index (χ0v) is 17.8. The molecule has 2 aliphatic heterocycles. The Morgan fingerprint density at radius 3 is 2.67 bits per heavy atom. The third-order valence-corrected chi connectivity index (χ3v) is 7.76. The molecule has 0 radical (unpaired) electrons. The molecule has 2 aromatic rings. The number of anilines is 1. The summed E-state index contributed by atoms with van der Waals surface area (Å²) in [6, 6.07) is 17.6. The zero-order chi connectivity index (χ0) is 20.9. The smallest absolute Gasteiger partial charge is 0.411 e. The van der Waals surface area contributed by atoms with Crippen LogP contribution in [0.5, 0.6) is 5.75 Å². The van der Waals surface area contributed by atoms with Crippen molar-refractivity contribution in [1.82, 2.24) is 0 Å². The molecule has 0 spiro atoms. The second-order valence-corrected chi connectivity index (χ2v) is 9.40. The quantitative estimate of drug-likeness (QED) is 0.736. The SMILES string of the molecule is C[C@H]1C[C@@]2(C)Oc3ccccc3[C@@H]3OC[C@@]1(COC(=O)Nc1ccccc1)[C@@H](C)[C@@H]32. The van der Waals surface area contributed by atoms with Gasteiger partial charge in [-0.1, -0.05) is 50.2 Å². The van der Waals surface area contributed by atoms with Crippen molar-refractivity contribution >= 4 is 11.8 Å². The summed E-state index contributed by atoms with van der Waals surface area (Å²) in [7, 11) is 0. The molecular weight excluding hydrogens is 378 g/mol. The largest absolute Gasteiger partial charge is 0.487 e. The Bertz CT molecular complexity index is 947. The maximum absolute atomic E-state index is 12.4. The molecule has 2 heterocycles. The molecule has 158 valence electrons. The molecule has 2 bridgehead atoms. The van der Waals surface area contributed by atoms with E-state index in [0.29, 0.717) is 25.0 Å². The van der Waals surface area contributed by atoms with Crippen LogP contribution in [0.4, 0.5) is 10.5 Å². The highest BCUT2D eigenvalue weighted by Crippen LogP contribution is 2.63. The van der Waals surface area contributed by atoms with E-state index in [4.69, 9.17) is 14.2 Å². The van der Waals surface area contributed by atoms with Crippen molar-refractivity contribution in [2.24, 2.45) is 23.2 Å². The monoisotopic (exact) mass is 407 g/mol. The van der Waals surface area contributed by atoms with Gasteiger partial charge in [-0.3, -0.25) is 5.32 Å². The van der Waals surface area contributed by atoms with Crippen molar-refractivity contribution < 1.29 is 19.0 Å². The lowest BCUT2D eigenvalue weighted by Crippen LogP contribution is -2.66. The fourth-order valence-electron chi connectivity index (χ4n) is 6.13. The predicted octanol–water partition coefficient (Wildman–Crippen LogP) is 5.44. The minimum Gasteiger partial charge on any atom is -0.487 e. The average Bonchev–Trinajstić information content (AvgIpc) is 2.73. The maximum atomic E-state index is 12.4. The third kappa shape index (κ3) is 2.90. The summed E-state index contributed by atoms with van der Waals surface area (Å²) in [5, 5.41) is 2.82. The summed E-state index contributed by atoms with van der Waals surface area (Å²) in [5.74, 6) is 1.75. The highest BCUT2D eigenvalue weighted by molar-refractivity contribution is 5.84. The van der Waals surface area contributed by atoms with Crippen molar-refractivity contribution in [2.45, 2.75) is 38.9 Å². The first-order valence-corrected chi connectivity index (χ1v) is 10.8. The van der Waals surface area contributed by atoms with Gasteiger partial charge in [0.2, 0.25) is 0 Å². The number of hydrogen-bond donors (Lipinski definition) is 1. The number of carbonyl (C=O) groups excluding carboxylic acids is 1. The zero-order valence-electron chi connectivity index (χ0n) is 17.8. The van der Waals surface area contributed by atoms with Crippen molar-refractivity contribution in [3.05, 3.63) is 60.2 Å². The Balaban J connectivity index is 1.38. The lowest BCUT2D eigenvalue weighted by Gasteiger charge is -2.63. The number of ether oxygens (including phenoxy) is 3. The van der Waals surface area contributed by atoms with Crippen LogP contribution in [-0.2, 0) is 9.47 Å². The van der Waals surface area contributed by atoms with Crippen LogP contribution in [0.1, 0.15) is 38.9 Å². The second kappa shape index (κ2) is 7.02. The fourth-order valence-corrected chi connectivity index (χ4v) is 6.13. The molecule has 1 N–H and O–H groups in total. The Labute approximate surface area is 177 Å². The van der Waals surface area contributed by atoms with Gasteiger partial charge in [-0.15, -0.1) is 0 Å². The summed E-state index contributed by atoms with van der Waals surface area (Å²) in [5.41, 5.74) is 1.37. The summed E-state index contributed by atoms with van der Waals surface area (Å²) in [6.45, 7) is 7.66. The number of para-hydroxylation sites is 2. The van der Waals surface area contributed by atoms with Gasteiger partial charge in [0.25, 0.3) is 0 Å². The highest BCUT2D eigenvalue weighted by atomic mass is 16.6. The molecule has 5 nitrogen and oxygen atoms in total. The van der Waals surface area contributed by atoms with Crippen LogP contribution in [-0.4, -0.2) is 24.9 Å². The van der Waals surface area contributed by atoms with Crippen LogP contribution in [0.3, 0.4) is 0 Å². The molecule has 6 atom stereocenters. The molecule has 3 aliphatic rings. The first kappa shape index (κ1) is 19.4. The molecule has 5 rings (SSSR count). The minimum absolute atomic E-state index is 0.0220. The lowest BCUT2D eigenvalue weighted by molar-refractivity contribution is -0.259. The van der Waals surface area contributed by atoms with E-state index in [2.05, 4.69) is 32.2 Å². The van der Waals surface area contributed by atoms with Gasteiger partial charge in [0.15, 0.2) is 0 Å². The van der Waals surface area contributed by atoms with Crippen LogP contribution in [0, 0.1) is 23.2 Å². The highest BCUT2D eigenvalue weighted by Gasteiger charge is 2.64. The number of carbonyl (C=O) groups is 1. The minimum atomic E-state index is -0.421. The average molecular weight is 408 g/mol. The molecule has 2 aromatic carbocycles. The van der Waals surface area contributed by atoms with E-state index < -0.39 is 6.09 Å². The van der Waals surface area contributed by atoms with Crippen molar-refractivity contribution in [3.63, 3.8) is 0 Å². The summed E-state index contributed by atoms with van der Waals surface area (Å²) >= 11 is 0. The molecular formula is C25H29NO4. The van der Waals surface area contributed by atoms with E-state index in [-0.39, 0.29) is 23.0 Å². The molecule has 2 fully saturated rings. The predicted molar refractivity (Wildman–Crippen MR) is 114 cm³/mol. The number of benzene rings is 2. The van der Waals surface area contributed by atoms with Crippen LogP contribution < -0.4 is 10.1 Å². The third-order valence-electron chi connectivity index (χ3n) is 7.76. The Morgan fingerprint density at radius 2 is 1.87 bits per heavy atom. The van der Waals surface area contributed by atoms with Crippen LogP contribution in [0.2, 0.25) is 0 Å². The number of hydrogen-bond acceptors (Lipinski definition) is 4. The van der Waals surface area contributed by atoms with Crippen LogP contribution >= 0.6 is 0 Å². The topological polar surface area (TPSA) is 56.8 Å². The van der Waals surface area contributed by atoms with Gasteiger partial charge in [0.05, 0.1) is 12.7 Å². The molecule has 1 saturated carbocycles. The molecule has 0 unspecified atom stereocenters. The Morgan fingerprint density at radius 1 is 1.13 bits per heavy atom. The molecule has 30 heavy (non-hydrogen) atoms. The maximum Gasteiger partial charge on any atom is 0.411 e. The van der Waals surface area contributed by atoms with Crippen molar-refractivity contribution in [3.8, 4) is 5.75 Å². The van der Waals surface area contributed by atoms with Crippen molar-refractivity contribution in [2.75, 3.05) is 18.5 Å². The normalized spacial score (nSPS) is 36.2. The molecule has 0 aromatic heterocycles. The first-order chi connectivity index (χ1) is 14.4. The van der Waals surface area contributed by atoms with Gasteiger partial charge in [0.1, 0.15) is 18.0 Å². The summed E-state index contributed by atoms with van der Waals surface area (Å²) in [4.78, 5) is 12.4. The van der Waals surface area contributed by atoms with Crippen LogP contribution in [0.25, 0.3) is 0 Å². The van der Waals surface area contributed by atoms with Gasteiger partial charge in [-0.05, 0) is 43.4 Å². The number of rotatable bonds is 3. The molecule has 5 heteroatoms. The van der Waals surface area contributed by atoms with E-state index in [9.17, 15) is 4.79 Å². The molecule has 1 saturated heterocycles. The Kier molecular flexibility index (Phi) is 4.55. The van der Waals surface area contributed by atoms with Crippen LogP contribution in [0.15, 0.2) is 54.6 Å². The van der Waals surface area contributed by atoms with Gasteiger partial charge in [0, 0.05) is 22.6 Å². The lowest BCUT2D eigenvalue weighted by atomic mass is 9.50. The first-order valence-electron chi connectivity index (χ1n) is 10.8. The van der Waals surface area contributed by atoms with E-state index in [1.807, 2.05) is 48.5 Å². The number of fused-ring (bicyclic) bond motifs is 3. The van der Waals surface area contributed by atoms with Gasteiger partial charge >= 0.3 is 6.09 Å². The van der Waals surface area contributed by atoms with Gasteiger partial charge < -0.3 is 14.2 Å². The number of amides is 1. The summed E-state index contributed by atoms with van der Waals surface area (Å²) < 4.78 is 18.8.